The third-order valence-corrected chi connectivity index (χ3v) is 6.61. The molecule has 1 aromatic rings. The van der Waals surface area contributed by atoms with Crippen molar-refractivity contribution in [2.24, 2.45) is 11.8 Å². The number of hydrogen-bond acceptors (Lipinski definition) is 3. The molecule has 2 fully saturated rings. The molecule has 152 valence electrons. The molecule has 3 heteroatoms. The smallest absolute Gasteiger partial charge is 0.119 e. The van der Waals surface area contributed by atoms with E-state index >= 15 is 0 Å². The van der Waals surface area contributed by atoms with E-state index in [1.165, 1.54) is 57.3 Å². The van der Waals surface area contributed by atoms with Gasteiger partial charge in [-0.05, 0) is 88.1 Å². The Morgan fingerprint density at radius 3 is 2.19 bits per heavy atom. The van der Waals surface area contributed by atoms with Gasteiger partial charge in [0.25, 0.3) is 0 Å². The summed E-state index contributed by atoms with van der Waals surface area (Å²) in [5.74, 6) is 3.45. The first-order valence-electron chi connectivity index (χ1n) is 11.1. The molecule has 2 atom stereocenters. The third kappa shape index (κ3) is 6.22. The van der Waals surface area contributed by atoms with Crippen molar-refractivity contribution in [3.63, 3.8) is 0 Å². The van der Waals surface area contributed by atoms with Crippen LogP contribution in [0.5, 0.6) is 5.75 Å². The zero-order valence-electron chi connectivity index (χ0n) is 18.0. The Labute approximate surface area is 167 Å². The fourth-order valence-corrected chi connectivity index (χ4v) is 5.21. The fourth-order valence-electron chi connectivity index (χ4n) is 5.21. The summed E-state index contributed by atoms with van der Waals surface area (Å²) in [6.07, 6.45) is 7.78. The van der Waals surface area contributed by atoms with Gasteiger partial charge in [-0.1, -0.05) is 26.0 Å². The summed E-state index contributed by atoms with van der Waals surface area (Å²) in [5.41, 5.74) is 1.50. The molecule has 1 heterocycles. The average molecular weight is 373 g/mol. The number of benzene rings is 1. The van der Waals surface area contributed by atoms with Gasteiger partial charge in [0, 0.05) is 25.7 Å². The van der Waals surface area contributed by atoms with Crippen LogP contribution in [0.1, 0.15) is 63.9 Å². The van der Waals surface area contributed by atoms with E-state index in [-0.39, 0.29) is 0 Å². The number of ether oxygens (including phenoxy) is 1. The highest BCUT2D eigenvalue weighted by atomic mass is 16.5. The quantitative estimate of drug-likeness (QED) is 0.625. The van der Waals surface area contributed by atoms with Crippen LogP contribution in [-0.2, 0) is 0 Å². The molecule has 1 aliphatic heterocycles. The molecule has 0 bridgehead atoms. The van der Waals surface area contributed by atoms with Crippen LogP contribution in [0.25, 0.3) is 0 Å². The first-order valence-corrected chi connectivity index (χ1v) is 11.1. The van der Waals surface area contributed by atoms with Crippen molar-refractivity contribution >= 4 is 0 Å². The summed E-state index contributed by atoms with van der Waals surface area (Å²) in [6, 6.07) is 9.72. The molecule has 0 amide bonds. The van der Waals surface area contributed by atoms with Crippen LogP contribution in [0.3, 0.4) is 0 Å². The Morgan fingerprint density at radius 1 is 0.963 bits per heavy atom. The molecule has 3 rings (SSSR count). The van der Waals surface area contributed by atoms with E-state index in [1.54, 1.807) is 0 Å². The number of nitrogens with zero attached hydrogens (tertiary/aromatic N) is 2. The van der Waals surface area contributed by atoms with Crippen molar-refractivity contribution < 1.29 is 4.74 Å². The lowest BCUT2D eigenvalue weighted by molar-refractivity contribution is 0.132. The molecule has 0 radical (unpaired) electrons. The zero-order chi connectivity index (χ0) is 19.2. The summed E-state index contributed by atoms with van der Waals surface area (Å²) in [7, 11) is 4.42. The van der Waals surface area contributed by atoms with E-state index in [0.29, 0.717) is 0 Å². The molecule has 0 N–H and O–H groups in total. The van der Waals surface area contributed by atoms with E-state index < -0.39 is 0 Å². The molecule has 0 spiro atoms. The summed E-state index contributed by atoms with van der Waals surface area (Å²) >= 11 is 0. The molecular weight excluding hydrogens is 332 g/mol. The topological polar surface area (TPSA) is 15.7 Å². The molecule has 3 nitrogen and oxygen atoms in total. The second-order valence-electron chi connectivity index (χ2n) is 9.45. The standard InChI is InChI=1S/C24H40N2O/c1-19-16-20(2)18-26(17-19)14-5-15-27-24-12-8-22(9-13-24)21-6-10-23(11-7-21)25(3)4/h8-9,12-13,19-21,23H,5-7,10-11,14-18H2,1-4H3/t19-,20-,21-,23+/m0/s1. The number of hydrogen-bond donors (Lipinski definition) is 0. The van der Waals surface area contributed by atoms with Crippen LogP contribution >= 0.6 is 0 Å². The first kappa shape index (κ1) is 20.7. The normalized spacial score (nSPS) is 29.8. The Bertz CT molecular complexity index is 538. The van der Waals surface area contributed by atoms with Crippen LogP contribution in [0.4, 0.5) is 0 Å². The summed E-state index contributed by atoms with van der Waals surface area (Å²) in [6.45, 7) is 9.28. The maximum atomic E-state index is 6.01. The second-order valence-corrected chi connectivity index (χ2v) is 9.45. The Balaban J connectivity index is 1.37. The van der Waals surface area contributed by atoms with E-state index in [4.69, 9.17) is 4.74 Å². The molecule has 1 aromatic carbocycles. The van der Waals surface area contributed by atoms with Crippen molar-refractivity contribution in [2.75, 3.05) is 40.3 Å². The number of likely N-dealkylation sites (tertiary alicyclic amines) is 1. The van der Waals surface area contributed by atoms with Crippen LogP contribution in [0.2, 0.25) is 0 Å². The first-order chi connectivity index (χ1) is 13.0. The van der Waals surface area contributed by atoms with E-state index in [2.05, 4.69) is 62.0 Å². The van der Waals surface area contributed by atoms with Gasteiger partial charge in [-0.15, -0.1) is 0 Å². The van der Waals surface area contributed by atoms with Gasteiger partial charge in [-0.25, -0.2) is 0 Å². The van der Waals surface area contributed by atoms with E-state index in [1.807, 2.05) is 0 Å². The van der Waals surface area contributed by atoms with Crippen molar-refractivity contribution in [1.82, 2.24) is 9.80 Å². The Kier molecular flexibility index (Phi) is 7.60. The Morgan fingerprint density at radius 2 is 1.59 bits per heavy atom. The van der Waals surface area contributed by atoms with Crippen molar-refractivity contribution in [2.45, 2.75) is 64.3 Å². The molecular formula is C24H40N2O. The number of rotatable bonds is 7. The molecule has 1 saturated carbocycles. The Hall–Kier alpha value is -1.06. The molecule has 2 aliphatic rings. The summed E-state index contributed by atoms with van der Waals surface area (Å²) in [4.78, 5) is 5.01. The predicted molar refractivity (Wildman–Crippen MR) is 115 cm³/mol. The summed E-state index contributed by atoms with van der Waals surface area (Å²) in [5, 5.41) is 0. The lowest BCUT2D eigenvalue weighted by Gasteiger charge is -2.34. The molecule has 27 heavy (non-hydrogen) atoms. The van der Waals surface area contributed by atoms with Gasteiger partial charge in [-0.3, -0.25) is 0 Å². The van der Waals surface area contributed by atoms with Gasteiger partial charge in [0.2, 0.25) is 0 Å². The van der Waals surface area contributed by atoms with Crippen LogP contribution in [0, 0.1) is 11.8 Å². The maximum absolute atomic E-state index is 6.01. The van der Waals surface area contributed by atoms with Gasteiger partial charge in [0.15, 0.2) is 0 Å². The summed E-state index contributed by atoms with van der Waals surface area (Å²) < 4.78 is 6.01. The van der Waals surface area contributed by atoms with Crippen molar-refractivity contribution in [3.8, 4) is 5.75 Å². The molecule has 0 aromatic heterocycles. The number of piperidine rings is 1. The lowest BCUT2D eigenvalue weighted by atomic mass is 9.81. The molecule has 0 unspecified atom stereocenters. The van der Waals surface area contributed by atoms with Crippen LogP contribution in [0.15, 0.2) is 24.3 Å². The minimum atomic E-state index is 0.735. The van der Waals surface area contributed by atoms with Gasteiger partial charge >= 0.3 is 0 Å². The minimum Gasteiger partial charge on any atom is -0.494 e. The predicted octanol–water partition coefficient (Wildman–Crippen LogP) is 5.02. The van der Waals surface area contributed by atoms with Gasteiger partial charge < -0.3 is 14.5 Å². The van der Waals surface area contributed by atoms with E-state index in [9.17, 15) is 0 Å². The van der Waals surface area contributed by atoms with Crippen LogP contribution < -0.4 is 4.74 Å². The van der Waals surface area contributed by atoms with E-state index in [0.717, 1.165) is 42.6 Å². The van der Waals surface area contributed by atoms with Gasteiger partial charge in [0.1, 0.15) is 5.75 Å². The fraction of sp³-hybridized carbons (Fsp3) is 0.750. The van der Waals surface area contributed by atoms with Crippen molar-refractivity contribution in [1.29, 1.82) is 0 Å². The average Bonchev–Trinajstić information content (AvgIpc) is 2.65. The monoisotopic (exact) mass is 372 g/mol. The van der Waals surface area contributed by atoms with Gasteiger partial charge in [-0.2, -0.15) is 0 Å². The third-order valence-electron chi connectivity index (χ3n) is 6.61. The van der Waals surface area contributed by atoms with Crippen LogP contribution in [-0.4, -0.2) is 56.2 Å². The van der Waals surface area contributed by atoms with Gasteiger partial charge in [0.05, 0.1) is 6.61 Å². The molecule has 1 saturated heterocycles. The second kappa shape index (κ2) is 9.93. The maximum Gasteiger partial charge on any atom is 0.119 e. The highest BCUT2D eigenvalue weighted by molar-refractivity contribution is 5.29. The van der Waals surface area contributed by atoms with Crippen molar-refractivity contribution in [3.05, 3.63) is 29.8 Å². The largest absolute Gasteiger partial charge is 0.494 e. The SMILES string of the molecule is C[C@H]1C[C@H](C)CN(CCCOc2ccc([C@H]3CC[C@@H](N(C)C)CC3)cc2)C1. The molecule has 1 aliphatic carbocycles. The minimum absolute atomic E-state index is 0.735. The lowest BCUT2D eigenvalue weighted by Crippen LogP contribution is -2.39. The zero-order valence-corrected chi connectivity index (χ0v) is 18.0. The highest BCUT2D eigenvalue weighted by Crippen LogP contribution is 2.34. The highest BCUT2D eigenvalue weighted by Gasteiger charge is 2.23.